The normalized spacial score (nSPS) is 10.5. The van der Waals surface area contributed by atoms with Gasteiger partial charge in [0.25, 0.3) is 0 Å². The minimum Gasteiger partial charge on any atom is -0.353 e. The van der Waals surface area contributed by atoms with E-state index in [1.165, 1.54) is 4.90 Å². The zero-order valence-corrected chi connectivity index (χ0v) is 22.2. The van der Waals surface area contributed by atoms with Crippen molar-refractivity contribution in [2.45, 2.75) is 26.8 Å². The Morgan fingerprint density at radius 3 is 2.27 bits per heavy atom. The summed E-state index contributed by atoms with van der Waals surface area (Å²) in [6.07, 6.45) is 0. The Balaban J connectivity index is 0.00000544. The number of benzene rings is 2. The van der Waals surface area contributed by atoms with E-state index < -0.39 is 0 Å². The number of hydrogen-bond donors (Lipinski definition) is 2. The van der Waals surface area contributed by atoms with E-state index in [0.29, 0.717) is 39.9 Å². The minimum absolute atomic E-state index is 0. The Morgan fingerprint density at radius 1 is 0.970 bits per heavy atom. The van der Waals surface area contributed by atoms with E-state index in [9.17, 15) is 9.59 Å². The molecule has 0 aliphatic carbocycles. The van der Waals surface area contributed by atoms with Crippen molar-refractivity contribution in [1.29, 1.82) is 0 Å². The number of carbonyl (C=O) groups excluding carboxylic acids is 2. The maximum atomic E-state index is 13.1. The second kappa shape index (κ2) is 13.9. The van der Waals surface area contributed by atoms with E-state index in [1.54, 1.807) is 36.2 Å². The highest BCUT2D eigenvalue weighted by Crippen LogP contribution is 2.27. The van der Waals surface area contributed by atoms with E-state index in [0.717, 1.165) is 11.3 Å². The molecule has 0 saturated heterocycles. The van der Waals surface area contributed by atoms with Crippen molar-refractivity contribution in [1.82, 2.24) is 10.6 Å². The fourth-order valence-electron chi connectivity index (χ4n) is 3.10. The third-order valence-electron chi connectivity index (χ3n) is 4.82. The summed E-state index contributed by atoms with van der Waals surface area (Å²) in [4.78, 5) is 28.9. The Morgan fingerprint density at radius 2 is 1.67 bits per heavy atom. The first-order chi connectivity index (χ1) is 15.1. The summed E-state index contributed by atoms with van der Waals surface area (Å²) < 4.78 is 0. The Kier molecular flexibility index (Phi) is 12.3. The zero-order chi connectivity index (χ0) is 23.8. The molecule has 2 N–H and O–H groups in total. The number of amides is 2. The van der Waals surface area contributed by atoms with Gasteiger partial charge in [0, 0.05) is 42.6 Å². The molecule has 33 heavy (non-hydrogen) atoms. The topological polar surface area (TPSA) is 64.7 Å². The van der Waals surface area contributed by atoms with Crippen LogP contribution >= 0.6 is 47.2 Å². The third-order valence-corrected chi connectivity index (χ3v) is 5.80. The third kappa shape index (κ3) is 9.22. The fourth-order valence-corrected chi connectivity index (χ4v) is 3.62. The zero-order valence-electron chi connectivity index (χ0n) is 19.1. The molecule has 182 valence electrons. The van der Waals surface area contributed by atoms with E-state index in [4.69, 9.17) is 34.8 Å². The van der Waals surface area contributed by atoms with Gasteiger partial charge in [0.05, 0.1) is 23.1 Å². The van der Waals surface area contributed by atoms with Crippen molar-refractivity contribution >= 4 is 70.4 Å². The van der Waals surface area contributed by atoms with Gasteiger partial charge in [0.1, 0.15) is 0 Å². The number of nitrogens with zero attached hydrogens (tertiary/aromatic N) is 2. The van der Waals surface area contributed by atoms with Gasteiger partial charge in [-0.15, -0.1) is 12.4 Å². The number of rotatable bonds is 10. The van der Waals surface area contributed by atoms with Crippen LogP contribution in [0.25, 0.3) is 0 Å². The van der Waals surface area contributed by atoms with Crippen LogP contribution in [0.2, 0.25) is 15.1 Å². The van der Waals surface area contributed by atoms with Crippen LogP contribution in [-0.2, 0) is 9.59 Å². The van der Waals surface area contributed by atoms with Crippen LogP contribution < -0.4 is 20.4 Å². The minimum atomic E-state index is -0.202. The standard InChI is InChI=1S/C23H29Cl3N4O2.ClH/c1-15(2)27-9-10-28-22(31)13-30(21-8-5-17(24)11-16(21)3)14-23(32)29(4)18-6-7-19(25)20(26)12-18;/h5-8,11-12,15,27H,9-10,13-14H2,1-4H3,(H,28,31);1H. The molecule has 0 radical (unpaired) electrons. The SMILES string of the molecule is Cc1cc(Cl)ccc1N(CC(=O)NCCNC(C)C)CC(=O)N(C)c1ccc(Cl)c(Cl)c1.Cl. The average Bonchev–Trinajstić information content (AvgIpc) is 2.72. The lowest BCUT2D eigenvalue weighted by Crippen LogP contribution is -2.45. The summed E-state index contributed by atoms with van der Waals surface area (Å²) in [6.45, 7) is 7.18. The molecule has 2 rings (SSSR count). The monoisotopic (exact) mass is 534 g/mol. The van der Waals surface area contributed by atoms with Gasteiger partial charge in [-0.05, 0) is 48.9 Å². The van der Waals surface area contributed by atoms with Crippen molar-refractivity contribution in [2.75, 3.05) is 43.0 Å². The average molecular weight is 536 g/mol. The second-order valence-corrected chi connectivity index (χ2v) is 9.05. The maximum Gasteiger partial charge on any atom is 0.246 e. The van der Waals surface area contributed by atoms with Crippen LogP contribution in [-0.4, -0.2) is 51.1 Å². The van der Waals surface area contributed by atoms with Crippen LogP contribution in [0, 0.1) is 6.92 Å². The van der Waals surface area contributed by atoms with E-state index >= 15 is 0 Å². The molecule has 0 aliphatic heterocycles. The van der Waals surface area contributed by atoms with Gasteiger partial charge in [-0.1, -0.05) is 48.7 Å². The van der Waals surface area contributed by atoms with Gasteiger partial charge >= 0.3 is 0 Å². The smallest absolute Gasteiger partial charge is 0.246 e. The molecule has 0 heterocycles. The number of carbonyl (C=O) groups is 2. The number of likely N-dealkylation sites (N-methyl/N-ethyl adjacent to an activating group) is 1. The Bertz CT molecular complexity index is 956. The predicted octanol–water partition coefficient (Wildman–Crippen LogP) is 4.96. The summed E-state index contributed by atoms with van der Waals surface area (Å²) in [5, 5.41) is 7.51. The molecule has 0 bridgehead atoms. The molecule has 0 fully saturated rings. The molecule has 2 aromatic carbocycles. The van der Waals surface area contributed by atoms with Crippen LogP contribution in [0.5, 0.6) is 0 Å². The molecule has 0 atom stereocenters. The highest BCUT2D eigenvalue weighted by molar-refractivity contribution is 6.42. The molecule has 0 saturated carbocycles. The first-order valence-electron chi connectivity index (χ1n) is 10.3. The summed E-state index contributed by atoms with van der Waals surface area (Å²) in [5.41, 5.74) is 2.25. The van der Waals surface area contributed by atoms with Gasteiger partial charge in [-0.2, -0.15) is 0 Å². The first kappa shape index (κ1) is 29.3. The molecule has 6 nitrogen and oxygen atoms in total. The fraction of sp³-hybridized carbons (Fsp3) is 0.391. The number of aryl methyl sites for hydroxylation is 1. The number of hydrogen-bond acceptors (Lipinski definition) is 4. The summed E-state index contributed by atoms with van der Waals surface area (Å²) in [6, 6.07) is 10.7. The first-order valence-corrected chi connectivity index (χ1v) is 11.4. The highest BCUT2D eigenvalue weighted by atomic mass is 35.5. The molecule has 2 amide bonds. The van der Waals surface area contributed by atoms with Crippen LogP contribution in [0.4, 0.5) is 11.4 Å². The van der Waals surface area contributed by atoms with E-state index in [-0.39, 0.29) is 37.3 Å². The predicted molar refractivity (Wildman–Crippen MR) is 142 cm³/mol. The highest BCUT2D eigenvalue weighted by Gasteiger charge is 2.20. The molecule has 0 spiro atoms. The number of halogens is 4. The Hall–Kier alpha value is -1.70. The summed E-state index contributed by atoms with van der Waals surface area (Å²) >= 11 is 18.2. The van der Waals surface area contributed by atoms with Gasteiger partial charge in [-0.3, -0.25) is 9.59 Å². The van der Waals surface area contributed by atoms with Crippen molar-refractivity contribution in [3.05, 3.63) is 57.0 Å². The largest absolute Gasteiger partial charge is 0.353 e. The van der Waals surface area contributed by atoms with Crippen molar-refractivity contribution < 1.29 is 9.59 Å². The Labute approximate surface area is 217 Å². The van der Waals surface area contributed by atoms with Gasteiger partial charge in [-0.25, -0.2) is 0 Å². The lowest BCUT2D eigenvalue weighted by molar-refractivity contribution is -0.119. The van der Waals surface area contributed by atoms with Gasteiger partial charge in [0.2, 0.25) is 11.8 Å². The lowest BCUT2D eigenvalue weighted by Gasteiger charge is -2.28. The number of nitrogens with one attached hydrogen (secondary N) is 2. The quantitative estimate of drug-likeness (QED) is 0.422. The molecule has 10 heteroatoms. The van der Waals surface area contributed by atoms with Gasteiger partial charge in [0.15, 0.2) is 0 Å². The molecule has 0 unspecified atom stereocenters. The number of anilines is 2. The summed E-state index contributed by atoms with van der Waals surface area (Å²) in [5.74, 6) is -0.373. The van der Waals surface area contributed by atoms with Crippen molar-refractivity contribution in [3.8, 4) is 0 Å². The van der Waals surface area contributed by atoms with Gasteiger partial charge < -0.3 is 20.4 Å². The van der Waals surface area contributed by atoms with Crippen molar-refractivity contribution in [3.63, 3.8) is 0 Å². The van der Waals surface area contributed by atoms with Crippen LogP contribution in [0.15, 0.2) is 36.4 Å². The molecular formula is C23H30Cl4N4O2. The second-order valence-electron chi connectivity index (χ2n) is 7.80. The summed E-state index contributed by atoms with van der Waals surface area (Å²) in [7, 11) is 1.66. The van der Waals surface area contributed by atoms with Crippen LogP contribution in [0.1, 0.15) is 19.4 Å². The van der Waals surface area contributed by atoms with E-state index in [2.05, 4.69) is 10.6 Å². The van der Waals surface area contributed by atoms with Crippen molar-refractivity contribution in [2.24, 2.45) is 0 Å². The molecule has 0 aliphatic rings. The molecular weight excluding hydrogens is 506 g/mol. The maximum absolute atomic E-state index is 13.1. The lowest BCUT2D eigenvalue weighted by atomic mass is 10.1. The molecule has 2 aromatic rings. The molecule has 0 aromatic heterocycles. The van der Waals surface area contributed by atoms with Crippen LogP contribution in [0.3, 0.4) is 0 Å². The van der Waals surface area contributed by atoms with E-state index in [1.807, 2.05) is 32.9 Å².